The summed E-state index contributed by atoms with van der Waals surface area (Å²) in [4.78, 5) is 5.35. The first-order chi connectivity index (χ1) is 19.0. The first-order valence-corrected chi connectivity index (χ1v) is 13.3. The van der Waals surface area contributed by atoms with Crippen molar-refractivity contribution >= 4 is 44.4 Å². The second-order valence-corrected chi connectivity index (χ2v) is 10.3. The molecule has 0 atom stereocenters. The summed E-state index contributed by atoms with van der Waals surface area (Å²) in [5, 5.41) is 6.43. The molecule has 0 aliphatic rings. The zero-order valence-electron chi connectivity index (χ0n) is 21.3. The van der Waals surface area contributed by atoms with Gasteiger partial charge in [-0.25, -0.2) is 9.50 Å². The van der Waals surface area contributed by atoms with Crippen molar-refractivity contribution in [3.05, 3.63) is 101 Å². The molecular weight excluding hydrogens is 534 g/mol. The molecule has 0 fully saturated rings. The highest BCUT2D eigenvalue weighted by molar-refractivity contribution is 7.18. The molecule has 3 heterocycles. The molecule has 6 rings (SSSR count). The maximum absolute atomic E-state index is 6.30. The van der Waals surface area contributed by atoms with E-state index in [0.29, 0.717) is 45.4 Å². The molecule has 0 unspecified atom stereocenters. The lowest BCUT2D eigenvalue weighted by atomic mass is 9.99. The van der Waals surface area contributed by atoms with Crippen molar-refractivity contribution < 1.29 is 18.6 Å². The number of furan rings is 1. The number of methoxy groups -OCH3 is 2. The van der Waals surface area contributed by atoms with Gasteiger partial charge in [0, 0.05) is 17.2 Å². The Kier molecular flexibility index (Phi) is 6.72. The van der Waals surface area contributed by atoms with Gasteiger partial charge in [0.15, 0.2) is 5.76 Å². The van der Waals surface area contributed by atoms with Gasteiger partial charge in [0.05, 0.1) is 25.8 Å². The average molecular weight is 558 g/mol. The molecule has 0 saturated heterocycles. The number of nitrogens with zero attached hydrogens (tertiary/aromatic N) is 3. The SMILES string of the molecule is C=C(Cc1cccc(COc2cc(OC)cc3oc(-c4cn5nc(OC)sc5n4)cc23)c1)c1ccc(Cl)cc1. The minimum atomic E-state index is 0.383. The number of imidazole rings is 1. The van der Waals surface area contributed by atoms with Crippen molar-refractivity contribution in [2.24, 2.45) is 0 Å². The van der Waals surface area contributed by atoms with E-state index in [1.54, 1.807) is 18.7 Å². The molecule has 39 heavy (non-hydrogen) atoms. The summed E-state index contributed by atoms with van der Waals surface area (Å²) in [5.41, 5.74) is 5.62. The summed E-state index contributed by atoms with van der Waals surface area (Å²) in [6.45, 7) is 4.64. The Morgan fingerprint density at radius 3 is 2.62 bits per heavy atom. The number of allylic oxidation sites excluding steroid dienone is 1. The van der Waals surface area contributed by atoms with Crippen LogP contribution in [0.3, 0.4) is 0 Å². The first kappa shape index (κ1) is 25.0. The van der Waals surface area contributed by atoms with E-state index in [1.807, 2.05) is 60.8 Å². The molecule has 0 bridgehead atoms. The topological polar surface area (TPSA) is 71.0 Å². The van der Waals surface area contributed by atoms with Crippen LogP contribution in [0, 0.1) is 0 Å². The fourth-order valence-electron chi connectivity index (χ4n) is 4.35. The van der Waals surface area contributed by atoms with E-state index < -0.39 is 0 Å². The number of ether oxygens (including phenoxy) is 3. The van der Waals surface area contributed by atoms with E-state index in [9.17, 15) is 0 Å². The van der Waals surface area contributed by atoms with Gasteiger partial charge in [-0.15, -0.1) is 5.10 Å². The van der Waals surface area contributed by atoms with Crippen LogP contribution in [0.1, 0.15) is 16.7 Å². The molecule has 0 spiro atoms. The third-order valence-electron chi connectivity index (χ3n) is 6.32. The van der Waals surface area contributed by atoms with Gasteiger partial charge in [0.1, 0.15) is 29.4 Å². The molecule has 196 valence electrons. The Morgan fingerprint density at radius 1 is 1.03 bits per heavy atom. The summed E-state index contributed by atoms with van der Waals surface area (Å²) in [7, 11) is 3.20. The van der Waals surface area contributed by atoms with Crippen LogP contribution in [0.15, 0.2) is 83.9 Å². The number of hydrogen-bond acceptors (Lipinski definition) is 7. The van der Waals surface area contributed by atoms with Gasteiger partial charge in [0.2, 0.25) is 4.96 Å². The minimum Gasteiger partial charge on any atom is -0.496 e. The zero-order chi connectivity index (χ0) is 26.9. The molecule has 9 heteroatoms. The van der Waals surface area contributed by atoms with Crippen LogP contribution in [0.25, 0.3) is 33.0 Å². The third kappa shape index (κ3) is 5.21. The summed E-state index contributed by atoms with van der Waals surface area (Å²) in [5.74, 6) is 1.92. The molecule has 7 nitrogen and oxygen atoms in total. The highest BCUT2D eigenvalue weighted by atomic mass is 35.5. The maximum Gasteiger partial charge on any atom is 0.294 e. The van der Waals surface area contributed by atoms with Gasteiger partial charge >= 0.3 is 0 Å². The quantitative estimate of drug-likeness (QED) is 0.181. The second kappa shape index (κ2) is 10.5. The van der Waals surface area contributed by atoms with Crippen molar-refractivity contribution in [2.75, 3.05) is 14.2 Å². The Labute approximate surface area is 233 Å². The average Bonchev–Trinajstić information content (AvgIpc) is 3.65. The number of aromatic nitrogens is 3. The van der Waals surface area contributed by atoms with Crippen molar-refractivity contribution in [2.45, 2.75) is 13.0 Å². The van der Waals surface area contributed by atoms with Crippen LogP contribution in [-0.4, -0.2) is 28.8 Å². The lowest BCUT2D eigenvalue weighted by molar-refractivity contribution is 0.307. The summed E-state index contributed by atoms with van der Waals surface area (Å²) < 4.78 is 24.8. The van der Waals surface area contributed by atoms with Crippen molar-refractivity contribution in [1.82, 2.24) is 14.6 Å². The number of fused-ring (bicyclic) bond motifs is 2. The van der Waals surface area contributed by atoms with Crippen LogP contribution in [0.5, 0.6) is 16.7 Å². The molecule has 0 saturated carbocycles. The predicted molar refractivity (Wildman–Crippen MR) is 154 cm³/mol. The maximum atomic E-state index is 6.30. The van der Waals surface area contributed by atoms with Crippen LogP contribution in [0.2, 0.25) is 5.02 Å². The van der Waals surface area contributed by atoms with Gasteiger partial charge in [-0.05, 0) is 58.2 Å². The molecule has 3 aromatic heterocycles. The van der Waals surface area contributed by atoms with Crippen molar-refractivity contribution in [3.8, 4) is 28.1 Å². The zero-order valence-corrected chi connectivity index (χ0v) is 22.9. The van der Waals surface area contributed by atoms with Crippen LogP contribution >= 0.6 is 22.9 Å². The fraction of sp³-hybridized carbons (Fsp3) is 0.133. The lowest BCUT2D eigenvalue weighted by Gasteiger charge is -2.11. The Morgan fingerprint density at radius 2 is 1.85 bits per heavy atom. The van der Waals surface area contributed by atoms with E-state index in [-0.39, 0.29) is 0 Å². The standard InChI is InChI=1S/C30H24ClN3O4S/c1-18(21-7-9-22(31)10-8-21)11-19-5-4-6-20(12-19)17-37-26-13-23(35-2)14-27-24(26)15-28(38-27)25-16-34-29(32-25)39-30(33-34)36-3/h4-10,12-16H,1,11,17H2,2-3H3. The highest BCUT2D eigenvalue weighted by Gasteiger charge is 2.17. The normalized spacial score (nSPS) is 11.3. The Bertz CT molecular complexity index is 1770. The van der Waals surface area contributed by atoms with Gasteiger partial charge < -0.3 is 18.6 Å². The third-order valence-corrected chi connectivity index (χ3v) is 7.45. The highest BCUT2D eigenvalue weighted by Crippen LogP contribution is 2.37. The fourth-order valence-corrected chi connectivity index (χ4v) is 5.18. The van der Waals surface area contributed by atoms with E-state index >= 15 is 0 Å². The van der Waals surface area contributed by atoms with Crippen LogP contribution in [-0.2, 0) is 13.0 Å². The Balaban J connectivity index is 1.23. The molecule has 0 radical (unpaired) electrons. The summed E-state index contributed by atoms with van der Waals surface area (Å²) >= 11 is 7.38. The number of halogens is 1. The molecule has 0 N–H and O–H groups in total. The molecule has 3 aromatic carbocycles. The van der Waals surface area contributed by atoms with E-state index in [1.165, 1.54) is 11.3 Å². The Hall–Kier alpha value is -4.27. The monoisotopic (exact) mass is 557 g/mol. The summed E-state index contributed by atoms with van der Waals surface area (Å²) in [6, 6.07) is 21.7. The van der Waals surface area contributed by atoms with Crippen molar-refractivity contribution in [3.63, 3.8) is 0 Å². The summed E-state index contributed by atoms with van der Waals surface area (Å²) in [6.07, 6.45) is 2.54. The van der Waals surface area contributed by atoms with Gasteiger partial charge in [-0.3, -0.25) is 0 Å². The van der Waals surface area contributed by atoms with Gasteiger partial charge in [-0.2, -0.15) is 0 Å². The van der Waals surface area contributed by atoms with Crippen LogP contribution < -0.4 is 14.2 Å². The first-order valence-electron chi connectivity index (χ1n) is 12.2. The van der Waals surface area contributed by atoms with E-state index in [0.717, 1.165) is 39.0 Å². The van der Waals surface area contributed by atoms with Crippen molar-refractivity contribution in [1.29, 1.82) is 0 Å². The molecule has 0 aliphatic heterocycles. The molecule has 6 aromatic rings. The number of rotatable bonds is 9. The van der Waals surface area contributed by atoms with E-state index in [4.69, 9.17) is 30.2 Å². The van der Waals surface area contributed by atoms with Gasteiger partial charge in [0.25, 0.3) is 5.19 Å². The smallest absolute Gasteiger partial charge is 0.294 e. The number of benzene rings is 3. The largest absolute Gasteiger partial charge is 0.496 e. The lowest BCUT2D eigenvalue weighted by Crippen LogP contribution is -1.98. The van der Waals surface area contributed by atoms with Crippen LogP contribution in [0.4, 0.5) is 0 Å². The predicted octanol–water partition coefficient (Wildman–Crippen LogP) is 7.71. The van der Waals surface area contributed by atoms with E-state index in [2.05, 4.69) is 28.8 Å². The molecular formula is C30H24ClN3O4S. The second-order valence-electron chi connectivity index (χ2n) is 8.97. The number of hydrogen-bond donors (Lipinski definition) is 0. The molecule has 0 amide bonds. The molecule has 0 aliphatic carbocycles. The van der Waals surface area contributed by atoms with Gasteiger partial charge in [-0.1, -0.05) is 54.6 Å². The minimum absolute atomic E-state index is 0.383.